The maximum absolute atomic E-state index is 13.4. The number of alkyl halides is 9. The summed E-state index contributed by atoms with van der Waals surface area (Å²) in [6.07, 6.45) is -15.4. The van der Waals surface area contributed by atoms with Gasteiger partial charge in [0.05, 0.1) is 16.7 Å². The zero-order chi connectivity index (χ0) is 20.5. The quantitative estimate of drug-likeness (QED) is 0.327. The van der Waals surface area contributed by atoms with Crippen molar-refractivity contribution in [1.82, 2.24) is 0 Å². The van der Waals surface area contributed by atoms with E-state index in [0.29, 0.717) is 29.5 Å². The van der Waals surface area contributed by atoms with E-state index in [9.17, 15) is 44.6 Å². The summed E-state index contributed by atoms with van der Waals surface area (Å²) in [4.78, 5) is 0. The van der Waals surface area contributed by atoms with Gasteiger partial charge in [-0.2, -0.15) is 39.5 Å². The SMILES string of the molecule is Oc1cc2sc3c(C(F)(F)F)c(Br)c(C(F)(F)F)cc3c2cc1C(F)(F)F. The van der Waals surface area contributed by atoms with Crippen molar-refractivity contribution in [3.63, 3.8) is 0 Å². The van der Waals surface area contributed by atoms with Gasteiger partial charge in [-0.1, -0.05) is 0 Å². The number of benzene rings is 2. The fourth-order valence-electron chi connectivity index (χ4n) is 2.61. The minimum absolute atomic E-state index is 0.216. The van der Waals surface area contributed by atoms with Gasteiger partial charge in [0.2, 0.25) is 0 Å². The number of thiophene rings is 1. The molecule has 0 unspecified atom stereocenters. The summed E-state index contributed by atoms with van der Waals surface area (Å²) in [6.45, 7) is 0. The molecule has 0 atom stereocenters. The number of aromatic hydroxyl groups is 1. The fourth-order valence-corrected chi connectivity index (χ4v) is 4.77. The van der Waals surface area contributed by atoms with Crippen LogP contribution >= 0.6 is 27.3 Å². The summed E-state index contributed by atoms with van der Waals surface area (Å²) in [5, 5.41) is 8.41. The molecule has 146 valence electrons. The van der Waals surface area contributed by atoms with E-state index < -0.39 is 60.9 Å². The molecule has 27 heavy (non-hydrogen) atoms. The van der Waals surface area contributed by atoms with Crippen LogP contribution in [0.25, 0.3) is 20.2 Å². The lowest BCUT2D eigenvalue weighted by atomic mass is 10.0. The van der Waals surface area contributed by atoms with Gasteiger partial charge in [-0.3, -0.25) is 0 Å². The van der Waals surface area contributed by atoms with Crippen molar-refractivity contribution in [3.05, 3.63) is 39.4 Å². The molecule has 1 heterocycles. The highest BCUT2D eigenvalue weighted by atomic mass is 79.9. The molecule has 0 aliphatic carbocycles. The van der Waals surface area contributed by atoms with E-state index >= 15 is 0 Å². The lowest BCUT2D eigenvalue weighted by molar-refractivity contribution is -0.143. The largest absolute Gasteiger partial charge is 0.507 e. The van der Waals surface area contributed by atoms with Crippen molar-refractivity contribution in [2.24, 2.45) is 0 Å². The van der Waals surface area contributed by atoms with Crippen molar-refractivity contribution >= 4 is 47.4 Å². The van der Waals surface area contributed by atoms with E-state index in [2.05, 4.69) is 15.9 Å². The number of hydrogen-bond acceptors (Lipinski definition) is 2. The molecule has 1 aromatic heterocycles. The smallest absolute Gasteiger partial charge is 0.419 e. The maximum Gasteiger partial charge on any atom is 0.419 e. The third kappa shape index (κ3) is 3.33. The second-order valence-electron chi connectivity index (χ2n) is 5.45. The lowest BCUT2D eigenvalue weighted by Crippen LogP contribution is -2.13. The topological polar surface area (TPSA) is 20.2 Å². The number of halogens is 10. The van der Waals surface area contributed by atoms with E-state index in [4.69, 9.17) is 0 Å². The zero-order valence-corrected chi connectivity index (χ0v) is 14.8. The Labute approximate surface area is 156 Å². The molecule has 0 aliphatic heterocycles. The third-order valence-corrected chi connectivity index (χ3v) is 5.72. The molecule has 0 saturated carbocycles. The predicted molar refractivity (Wildman–Crippen MR) is 83.7 cm³/mol. The van der Waals surface area contributed by atoms with E-state index in [0.717, 1.165) is 0 Å². The summed E-state index contributed by atoms with van der Waals surface area (Å²) in [7, 11) is 0. The number of hydrogen-bond donors (Lipinski definition) is 1. The minimum atomic E-state index is -5.20. The van der Waals surface area contributed by atoms with Gasteiger partial charge in [0.15, 0.2) is 0 Å². The van der Waals surface area contributed by atoms with Crippen LogP contribution in [0.4, 0.5) is 39.5 Å². The second kappa shape index (κ2) is 5.90. The van der Waals surface area contributed by atoms with Crippen LogP contribution < -0.4 is 0 Å². The predicted octanol–water partition coefficient (Wildman–Crippen LogP) is 7.58. The standard InChI is InChI=1S/C15H4BrF9OS/c16-11-7(14(20,21)22)2-5-4-1-6(13(17,18)19)8(26)3-9(4)27-12(5)10(11)15(23,24)25/h1-3,26H. The number of phenolic OH excluding ortho intramolecular Hbond substituents is 1. The Hall–Kier alpha value is -1.69. The Bertz CT molecular complexity index is 1060. The Morgan fingerprint density at radius 3 is 1.74 bits per heavy atom. The Balaban J connectivity index is 2.55. The van der Waals surface area contributed by atoms with Crippen molar-refractivity contribution in [1.29, 1.82) is 0 Å². The second-order valence-corrected chi connectivity index (χ2v) is 7.30. The fraction of sp³-hybridized carbons (Fsp3) is 0.200. The van der Waals surface area contributed by atoms with Crippen LogP contribution in [0.15, 0.2) is 22.7 Å². The summed E-state index contributed by atoms with van der Waals surface area (Å²) in [5.41, 5.74) is -4.86. The first-order valence-electron chi connectivity index (χ1n) is 6.75. The molecule has 3 rings (SSSR count). The minimum Gasteiger partial charge on any atom is -0.507 e. The molecular weight excluding hydrogens is 479 g/mol. The highest BCUT2D eigenvalue weighted by Crippen LogP contribution is 2.51. The first kappa shape index (κ1) is 20.1. The van der Waals surface area contributed by atoms with Crippen molar-refractivity contribution in [2.45, 2.75) is 18.5 Å². The molecule has 0 fully saturated rings. The van der Waals surface area contributed by atoms with E-state index in [1.54, 1.807) is 0 Å². The van der Waals surface area contributed by atoms with Crippen molar-refractivity contribution in [2.75, 3.05) is 0 Å². The molecule has 0 bridgehead atoms. The van der Waals surface area contributed by atoms with E-state index in [1.165, 1.54) is 0 Å². The Morgan fingerprint density at radius 2 is 1.26 bits per heavy atom. The highest BCUT2D eigenvalue weighted by molar-refractivity contribution is 9.10. The molecule has 0 amide bonds. The van der Waals surface area contributed by atoms with Gasteiger partial charge in [0.1, 0.15) is 5.75 Å². The van der Waals surface area contributed by atoms with Gasteiger partial charge in [0, 0.05) is 24.6 Å². The first-order chi connectivity index (χ1) is 12.1. The van der Waals surface area contributed by atoms with Crippen LogP contribution in [-0.4, -0.2) is 5.11 Å². The van der Waals surface area contributed by atoms with Crippen molar-refractivity contribution < 1.29 is 44.6 Å². The number of fused-ring (bicyclic) bond motifs is 3. The monoisotopic (exact) mass is 482 g/mol. The van der Waals surface area contributed by atoms with Crippen LogP contribution in [0.5, 0.6) is 5.75 Å². The number of rotatable bonds is 0. The van der Waals surface area contributed by atoms with Gasteiger partial charge in [-0.15, -0.1) is 11.3 Å². The van der Waals surface area contributed by atoms with Crippen LogP contribution in [0.1, 0.15) is 16.7 Å². The number of phenols is 1. The average Bonchev–Trinajstić information content (AvgIpc) is 2.78. The molecule has 3 aromatic rings. The van der Waals surface area contributed by atoms with Crippen LogP contribution in [0.3, 0.4) is 0 Å². The van der Waals surface area contributed by atoms with Gasteiger partial charge >= 0.3 is 18.5 Å². The van der Waals surface area contributed by atoms with Crippen LogP contribution in [0.2, 0.25) is 0 Å². The van der Waals surface area contributed by atoms with E-state index in [-0.39, 0.29) is 4.70 Å². The Morgan fingerprint density at radius 1 is 0.741 bits per heavy atom. The highest BCUT2D eigenvalue weighted by Gasteiger charge is 2.43. The average molecular weight is 483 g/mol. The molecule has 0 spiro atoms. The molecule has 0 radical (unpaired) electrons. The van der Waals surface area contributed by atoms with E-state index in [1.807, 2.05) is 0 Å². The summed E-state index contributed by atoms with van der Waals surface area (Å²) >= 11 is 2.67. The lowest BCUT2D eigenvalue weighted by Gasteiger charge is -2.16. The Kier molecular flexibility index (Phi) is 4.38. The van der Waals surface area contributed by atoms with Gasteiger partial charge in [-0.05, 0) is 34.1 Å². The third-order valence-electron chi connectivity index (χ3n) is 3.71. The van der Waals surface area contributed by atoms with Gasteiger partial charge in [-0.25, -0.2) is 0 Å². The molecule has 0 aliphatic rings. The summed E-state index contributed by atoms with van der Waals surface area (Å²) < 4.78 is 116. The van der Waals surface area contributed by atoms with Crippen LogP contribution in [0, 0.1) is 0 Å². The normalized spacial score (nSPS) is 13.7. The maximum atomic E-state index is 13.4. The first-order valence-corrected chi connectivity index (χ1v) is 8.36. The molecule has 12 heteroatoms. The summed E-state index contributed by atoms with van der Waals surface area (Å²) in [6, 6.07) is 1.30. The molecular formula is C15H4BrF9OS. The zero-order valence-electron chi connectivity index (χ0n) is 12.4. The molecule has 1 N–H and O–H groups in total. The van der Waals surface area contributed by atoms with Gasteiger partial charge in [0.25, 0.3) is 0 Å². The molecule has 1 nitrogen and oxygen atoms in total. The molecule has 0 saturated heterocycles. The molecule has 2 aromatic carbocycles. The van der Waals surface area contributed by atoms with Crippen molar-refractivity contribution in [3.8, 4) is 5.75 Å². The van der Waals surface area contributed by atoms with Crippen LogP contribution in [-0.2, 0) is 18.5 Å². The van der Waals surface area contributed by atoms with Gasteiger partial charge < -0.3 is 5.11 Å². The summed E-state index contributed by atoms with van der Waals surface area (Å²) in [5.74, 6) is -1.23.